The van der Waals surface area contributed by atoms with Gasteiger partial charge in [-0.2, -0.15) is 0 Å². The van der Waals surface area contributed by atoms with Gasteiger partial charge in [-0.05, 0) is 46.3 Å². The van der Waals surface area contributed by atoms with E-state index in [1.54, 1.807) is 24.3 Å². The van der Waals surface area contributed by atoms with Crippen molar-refractivity contribution < 1.29 is 23.8 Å². The maximum absolute atomic E-state index is 12.2. The number of carbonyl (C=O) groups is 2. The van der Waals surface area contributed by atoms with E-state index in [4.69, 9.17) is 14.2 Å². The Hall–Kier alpha value is -2.12. The number of esters is 1. The minimum Gasteiger partial charge on any atom is -0.497 e. The molecule has 126 valence electrons. The number of ether oxygens (including phenoxy) is 3. The van der Waals surface area contributed by atoms with E-state index in [0.717, 1.165) is 8.66 Å². The molecule has 0 bridgehead atoms. The molecule has 0 N–H and O–H groups in total. The summed E-state index contributed by atoms with van der Waals surface area (Å²) in [4.78, 5) is 24.8. The van der Waals surface area contributed by atoms with Crippen LogP contribution in [-0.4, -0.2) is 32.6 Å². The van der Waals surface area contributed by atoms with Crippen LogP contribution in [0.1, 0.15) is 15.2 Å². The van der Waals surface area contributed by atoms with Crippen molar-refractivity contribution in [1.82, 2.24) is 0 Å². The van der Waals surface area contributed by atoms with Crippen molar-refractivity contribution in [3.63, 3.8) is 0 Å². The molecule has 0 aliphatic carbocycles. The summed E-state index contributed by atoms with van der Waals surface area (Å²) in [7, 11) is 2.98. The van der Waals surface area contributed by atoms with Crippen molar-refractivity contribution in [2.45, 2.75) is 0 Å². The Labute approximate surface area is 152 Å². The van der Waals surface area contributed by atoms with Gasteiger partial charge >= 0.3 is 5.97 Å². The lowest BCUT2D eigenvalue weighted by Crippen LogP contribution is -2.13. The largest absolute Gasteiger partial charge is 0.497 e. The van der Waals surface area contributed by atoms with Gasteiger partial charge in [-0.3, -0.25) is 4.79 Å². The second-order valence-electron chi connectivity index (χ2n) is 4.57. The summed E-state index contributed by atoms with van der Waals surface area (Å²) >= 11 is 4.83. The number of thiophene rings is 1. The van der Waals surface area contributed by atoms with Crippen LogP contribution in [0.15, 0.2) is 40.2 Å². The number of methoxy groups -OCH3 is 2. The smallest absolute Gasteiger partial charge is 0.331 e. The molecular formula is C17H15BrO5S. The number of hydrogen-bond donors (Lipinski definition) is 0. The molecule has 5 nitrogen and oxygen atoms in total. The van der Waals surface area contributed by atoms with Crippen LogP contribution in [0.2, 0.25) is 0 Å². The Bertz CT molecular complexity index is 766. The van der Waals surface area contributed by atoms with E-state index in [9.17, 15) is 9.59 Å². The Morgan fingerprint density at radius 3 is 2.58 bits per heavy atom. The van der Waals surface area contributed by atoms with Gasteiger partial charge in [0, 0.05) is 17.0 Å². The summed E-state index contributed by atoms with van der Waals surface area (Å²) in [5.41, 5.74) is 0.331. The third-order valence-corrected chi connectivity index (χ3v) is 4.62. The molecule has 0 fully saturated rings. The lowest BCUT2D eigenvalue weighted by molar-refractivity contribution is -0.136. The average Bonchev–Trinajstić information content (AvgIpc) is 3.02. The predicted molar refractivity (Wildman–Crippen MR) is 95.9 cm³/mol. The molecule has 24 heavy (non-hydrogen) atoms. The quantitative estimate of drug-likeness (QED) is 0.392. The van der Waals surface area contributed by atoms with Gasteiger partial charge in [0.05, 0.1) is 23.6 Å². The SMILES string of the molecule is COc1ccc(C(=O)COC(=O)/C=C/c2ccc(Br)s2)c(OC)c1. The molecule has 1 heterocycles. The van der Waals surface area contributed by atoms with Crippen LogP contribution in [0, 0.1) is 0 Å². The van der Waals surface area contributed by atoms with Crippen molar-refractivity contribution >= 4 is 45.1 Å². The van der Waals surface area contributed by atoms with Crippen LogP contribution in [0.25, 0.3) is 6.08 Å². The number of hydrogen-bond acceptors (Lipinski definition) is 6. The Morgan fingerprint density at radius 2 is 1.96 bits per heavy atom. The van der Waals surface area contributed by atoms with Gasteiger partial charge in [-0.15, -0.1) is 11.3 Å². The Morgan fingerprint density at radius 1 is 1.17 bits per heavy atom. The summed E-state index contributed by atoms with van der Waals surface area (Å²) in [5.74, 6) is 0.00952. The molecule has 0 saturated carbocycles. The van der Waals surface area contributed by atoms with Crippen LogP contribution in [0.5, 0.6) is 11.5 Å². The predicted octanol–water partition coefficient (Wildman–Crippen LogP) is 3.97. The molecular weight excluding hydrogens is 396 g/mol. The van der Waals surface area contributed by atoms with Gasteiger partial charge in [0.25, 0.3) is 0 Å². The summed E-state index contributed by atoms with van der Waals surface area (Å²) in [6, 6.07) is 8.57. The fraction of sp³-hybridized carbons (Fsp3) is 0.176. The first-order chi connectivity index (χ1) is 11.5. The highest BCUT2D eigenvalue weighted by atomic mass is 79.9. The molecule has 0 aliphatic heterocycles. The average molecular weight is 411 g/mol. The molecule has 1 aromatic carbocycles. The van der Waals surface area contributed by atoms with Crippen LogP contribution >= 0.6 is 27.3 Å². The monoisotopic (exact) mass is 410 g/mol. The second kappa shape index (κ2) is 8.65. The summed E-state index contributed by atoms with van der Waals surface area (Å²) in [6.45, 7) is -0.361. The first-order valence-electron chi connectivity index (χ1n) is 6.89. The standard InChI is InChI=1S/C17H15BrO5S/c1-21-11-3-6-13(15(9-11)22-2)14(19)10-23-17(20)8-5-12-4-7-16(18)24-12/h3-9H,10H2,1-2H3/b8-5+. The van der Waals surface area contributed by atoms with Crippen molar-refractivity contribution in [3.8, 4) is 11.5 Å². The van der Waals surface area contributed by atoms with E-state index < -0.39 is 5.97 Å². The minimum absolute atomic E-state index is 0.331. The van der Waals surface area contributed by atoms with Crippen LogP contribution in [-0.2, 0) is 9.53 Å². The number of benzene rings is 1. The molecule has 1 aromatic heterocycles. The number of ketones is 1. The summed E-state index contributed by atoms with van der Waals surface area (Å²) in [6.07, 6.45) is 2.92. The van der Waals surface area contributed by atoms with Crippen molar-refractivity contribution in [1.29, 1.82) is 0 Å². The van der Waals surface area contributed by atoms with E-state index in [0.29, 0.717) is 17.1 Å². The molecule has 0 saturated heterocycles. The maximum Gasteiger partial charge on any atom is 0.331 e. The lowest BCUT2D eigenvalue weighted by Gasteiger charge is -2.09. The number of Topliss-reactive ketones (excluding diaryl/α,β-unsaturated/α-hetero) is 1. The van der Waals surface area contributed by atoms with E-state index in [1.165, 1.54) is 31.6 Å². The van der Waals surface area contributed by atoms with Crippen molar-refractivity contribution in [3.05, 3.63) is 50.6 Å². The fourth-order valence-corrected chi connectivity index (χ4v) is 3.19. The van der Waals surface area contributed by atoms with Crippen molar-refractivity contribution in [2.75, 3.05) is 20.8 Å². The highest BCUT2D eigenvalue weighted by Crippen LogP contribution is 2.25. The first-order valence-corrected chi connectivity index (χ1v) is 8.50. The van der Waals surface area contributed by atoms with E-state index in [-0.39, 0.29) is 12.4 Å². The Balaban J connectivity index is 1.95. The maximum atomic E-state index is 12.2. The summed E-state index contributed by atoms with van der Waals surface area (Å²) < 4.78 is 16.2. The van der Waals surface area contributed by atoms with E-state index >= 15 is 0 Å². The molecule has 0 atom stereocenters. The van der Waals surface area contributed by atoms with E-state index in [1.807, 2.05) is 12.1 Å². The van der Waals surface area contributed by atoms with Gasteiger partial charge in [0.1, 0.15) is 11.5 Å². The zero-order chi connectivity index (χ0) is 17.5. The lowest BCUT2D eigenvalue weighted by atomic mass is 10.1. The van der Waals surface area contributed by atoms with E-state index in [2.05, 4.69) is 15.9 Å². The minimum atomic E-state index is -0.583. The van der Waals surface area contributed by atoms with Gasteiger partial charge in [-0.1, -0.05) is 0 Å². The first kappa shape index (κ1) is 18.2. The van der Waals surface area contributed by atoms with Gasteiger partial charge < -0.3 is 14.2 Å². The Kier molecular flexibility index (Phi) is 6.57. The topological polar surface area (TPSA) is 61.8 Å². The number of halogens is 1. The molecule has 0 amide bonds. The molecule has 7 heteroatoms. The second-order valence-corrected chi connectivity index (χ2v) is 7.07. The van der Waals surface area contributed by atoms with Gasteiger partial charge in [0.2, 0.25) is 5.78 Å². The molecule has 0 spiro atoms. The highest BCUT2D eigenvalue weighted by molar-refractivity contribution is 9.11. The zero-order valence-corrected chi connectivity index (χ0v) is 15.5. The van der Waals surface area contributed by atoms with Gasteiger partial charge in [-0.25, -0.2) is 4.79 Å². The molecule has 0 radical (unpaired) electrons. The number of carbonyl (C=O) groups excluding carboxylic acids is 2. The number of rotatable bonds is 7. The third kappa shape index (κ3) is 4.94. The van der Waals surface area contributed by atoms with Gasteiger partial charge in [0.15, 0.2) is 6.61 Å². The fourth-order valence-electron chi connectivity index (χ4n) is 1.86. The van der Waals surface area contributed by atoms with Crippen LogP contribution in [0.3, 0.4) is 0 Å². The normalized spacial score (nSPS) is 10.6. The molecule has 2 aromatic rings. The van der Waals surface area contributed by atoms with Crippen LogP contribution in [0.4, 0.5) is 0 Å². The van der Waals surface area contributed by atoms with Crippen LogP contribution < -0.4 is 9.47 Å². The third-order valence-electron chi connectivity index (χ3n) is 3.03. The highest BCUT2D eigenvalue weighted by Gasteiger charge is 2.14. The molecule has 0 aliphatic rings. The van der Waals surface area contributed by atoms with Crippen molar-refractivity contribution in [2.24, 2.45) is 0 Å². The zero-order valence-electron chi connectivity index (χ0n) is 13.1. The summed E-state index contributed by atoms with van der Waals surface area (Å²) in [5, 5.41) is 0. The molecule has 2 rings (SSSR count). The molecule has 0 unspecified atom stereocenters.